The van der Waals surface area contributed by atoms with Gasteiger partial charge in [0.05, 0.1) is 0 Å². The molecular weight excluding hydrogens is 364 g/mol. The first-order valence-corrected chi connectivity index (χ1v) is 9.10. The van der Waals surface area contributed by atoms with E-state index in [-0.39, 0.29) is 25.0 Å². The summed E-state index contributed by atoms with van der Waals surface area (Å²) in [6.07, 6.45) is 0. The van der Waals surface area contributed by atoms with Crippen LogP contribution in [0, 0.1) is 0 Å². The smallest absolute Gasteiger partial charge is 0.312 e. The van der Waals surface area contributed by atoms with Crippen LogP contribution in [0.5, 0.6) is 0 Å². The molecule has 1 fully saturated rings. The first-order chi connectivity index (χ1) is 12.3. The van der Waals surface area contributed by atoms with Gasteiger partial charge in [-0.25, -0.2) is 0 Å². The van der Waals surface area contributed by atoms with Crippen LogP contribution in [0.25, 0.3) is 0 Å². The molecular formula is C17H21F2N3O3S. The Labute approximate surface area is 154 Å². The second-order valence-electron chi connectivity index (χ2n) is 6.12. The van der Waals surface area contributed by atoms with Gasteiger partial charge < -0.3 is 15.1 Å². The normalized spacial score (nSPS) is 14.7. The fraction of sp³-hybridized carbons (Fsp3) is 0.471. The van der Waals surface area contributed by atoms with Crippen molar-refractivity contribution in [3.8, 4) is 0 Å². The van der Waals surface area contributed by atoms with Crippen LogP contribution in [-0.4, -0.2) is 65.5 Å². The number of alkyl halides is 2. The number of nitrogens with zero attached hydrogens (tertiary/aromatic N) is 2. The Hall–Kier alpha value is -2.16. The van der Waals surface area contributed by atoms with Gasteiger partial charge in [0.1, 0.15) is 0 Å². The van der Waals surface area contributed by atoms with Gasteiger partial charge in [0.2, 0.25) is 0 Å². The van der Waals surface area contributed by atoms with Gasteiger partial charge >= 0.3 is 11.8 Å². The summed E-state index contributed by atoms with van der Waals surface area (Å²) in [5.41, 5.74) is 0.404. The summed E-state index contributed by atoms with van der Waals surface area (Å²) in [6.45, 7) is 4.71. The first-order valence-electron chi connectivity index (χ1n) is 8.22. The summed E-state index contributed by atoms with van der Waals surface area (Å²) in [7, 11) is 0. The van der Waals surface area contributed by atoms with E-state index in [1.165, 1.54) is 29.2 Å². The fourth-order valence-electron chi connectivity index (χ4n) is 2.54. The van der Waals surface area contributed by atoms with Crippen molar-refractivity contribution in [1.29, 1.82) is 0 Å². The lowest BCUT2D eigenvalue weighted by molar-refractivity contribution is -0.147. The summed E-state index contributed by atoms with van der Waals surface area (Å²) < 4.78 is 24.7. The predicted octanol–water partition coefficient (Wildman–Crippen LogP) is 1.81. The molecule has 0 unspecified atom stereocenters. The molecule has 0 radical (unpaired) electrons. The van der Waals surface area contributed by atoms with Gasteiger partial charge in [-0.15, -0.1) is 0 Å². The molecule has 0 atom stereocenters. The van der Waals surface area contributed by atoms with Crippen molar-refractivity contribution >= 4 is 29.5 Å². The van der Waals surface area contributed by atoms with Gasteiger partial charge in [-0.3, -0.25) is 14.4 Å². The molecule has 1 heterocycles. The molecule has 1 aliphatic rings. The molecule has 0 spiro atoms. The van der Waals surface area contributed by atoms with Crippen LogP contribution < -0.4 is 5.32 Å². The molecule has 1 aliphatic heterocycles. The van der Waals surface area contributed by atoms with E-state index >= 15 is 0 Å². The van der Waals surface area contributed by atoms with Crippen molar-refractivity contribution in [2.45, 2.75) is 30.5 Å². The molecule has 9 heteroatoms. The number of carbonyl (C=O) groups excluding carboxylic acids is 3. The van der Waals surface area contributed by atoms with Gasteiger partial charge in [-0.1, -0.05) is 11.8 Å². The third kappa shape index (κ3) is 5.42. The second-order valence-corrected chi connectivity index (χ2v) is 7.18. The van der Waals surface area contributed by atoms with Crippen molar-refractivity contribution in [3.05, 3.63) is 29.8 Å². The van der Waals surface area contributed by atoms with Crippen LogP contribution in [-0.2, 0) is 9.59 Å². The molecule has 6 nitrogen and oxygen atoms in total. The van der Waals surface area contributed by atoms with Gasteiger partial charge in [-0.05, 0) is 38.1 Å². The number of benzene rings is 1. The molecule has 142 valence electrons. The van der Waals surface area contributed by atoms with Crippen LogP contribution in [0.1, 0.15) is 24.2 Å². The lowest BCUT2D eigenvalue weighted by Crippen LogP contribution is -2.54. The zero-order chi connectivity index (χ0) is 19.3. The minimum Gasteiger partial charge on any atom is -0.346 e. The number of rotatable bonds is 4. The molecule has 3 amide bonds. The average Bonchev–Trinajstić information content (AvgIpc) is 2.60. The SMILES string of the molecule is CC(C)NC(=O)C(=O)N1CCN(C(=O)c2ccc(SC(F)F)cc2)CC1. The monoisotopic (exact) mass is 385 g/mol. The number of thioether (sulfide) groups is 1. The van der Waals surface area contributed by atoms with Crippen LogP contribution in [0.15, 0.2) is 29.2 Å². The minimum absolute atomic E-state index is 0.125. The highest BCUT2D eigenvalue weighted by atomic mass is 32.2. The van der Waals surface area contributed by atoms with E-state index in [2.05, 4.69) is 5.32 Å². The Kier molecular flexibility index (Phi) is 6.96. The van der Waals surface area contributed by atoms with E-state index in [1.807, 2.05) is 0 Å². The van der Waals surface area contributed by atoms with Crippen LogP contribution in [0.2, 0.25) is 0 Å². The van der Waals surface area contributed by atoms with Gasteiger partial charge in [0, 0.05) is 42.7 Å². The van der Waals surface area contributed by atoms with Crippen molar-refractivity contribution in [3.63, 3.8) is 0 Å². The van der Waals surface area contributed by atoms with E-state index in [0.717, 1.165) is 0 Å². The van der Waals surface area contributed by atoms with Crippen molar-refractivity contribution in [1.82, 2.24) is 15.1 Å². The number of hydrogen-bond acceptors (Lipinski definition) is 4. The lowest BCUT2D eigenvalue weighted by Gasteiger charge is -2.34. The number of amides is 3. The summed E-state index contributed by atoms with van der Waals surface area (Å²) in [5.74, 6) is -3.97. The van der Waals surface area contributed by atoms with Gasteiger partial charge in [0.15, 0.2) is 0 Å². The Bertz CT molecular complexity index is 660. The summed E-state index contributed by atoms with van der Waals surface area (Å²) in [5, 5.41) is 2.55. The Balaban J connectivity index is 1.90. The molecule has 1 saturated heterocycles. The van der Waals surface area contributed by atoms with E-state index in [9.17, 15) is 23.2 Å². The summed E-state index contributed by atoms with van der Waals surface area (Å²) >= 11 is 0.424. The highest BCUT2D eigenvalue weighted by Crippen LogP contribution is 2.25. The fourth-order valence-corrected chi connectivity index (χ4v) is 3.04. The minimum atomic E-state index is -2.50. The van der Waals surface area contributed by atoms with Crippen molar-refractivity contribution in [2.75, 3.05) is 26.2 Å². The largest absolute Gasteiger partial charge is 0.346 e. The molecule has 0 bridgehead atoms. The van der Waals surface area contributed by atoms with Crippen molar-refractivity contribution in [2.24, 2.45) is 0 Å². The molecule has 1 N–H and O–H groups in total. The number of nitrogens with one attached hydrogen (secondary N) is 1. The Morgan fingerprint density at radius 1 is 1.00 bits per heavy atom. The highest BCUT2D eigenvalue weighted by Gasteiger charge is 2.28. The number of piperazine rings is 1. The molecule has 0 saturated carbocycles. The van der Waals surface area contributed by atoms with Crippen molar-refractivity contribution < 1.29 is 23.2 Å². The standard InChI is InChI=1S/C17H21F2N3O3S/c1-11(2)20-14(23)16(25)22-9-7-21(8-10-22)15(24)12-3-5-13(6-4-12)26-17(18)19/h3-6,11,17H,7-10H2,1-2H3,(H,20,23). The molecule has 0 aromatic heterocycles. The summed E-state index contributed by atoms with van der Waals surface area (Å²) in [6, 6.07) is 5.88. The molecule has 1 aromatic carbocycles. The topological polar surface area (TPSA) is 69.7 Å². The maximum Gasteiger partial charge on any atom is 0.312 e. The Morgan fingerprint density at radius 2 is 1.54 bits per heavy atom. The molecule has 1 aromatic rings. The quantitative estimate of drug-likeness (QED) is 0.634. The maximum atomic E-state index is 12.5. The van der Waals surface area contributed by atoms with Gasteiger partial charge in [-0.2, -0.15) is 8.78 Å². The highest BCUT2D eigenvalue weighted by molar-refractivity contribution is 7.99. The third-order valence-corrected chi connectivity index (χ3v) is 4.52. The lowest BCUT2D eigenvalue weighted by atomic mass is 10.2. The van der Waals surface area contributed by atoms with Crippen LogP contribution in [0.3, 0.4) is 0 Å². The van der Waals surface area contributed by atoms with Crippen LogP contribution in [0.4, 0.5) is 8.78 Å². The zero-order valence-corrected chi connectivity index (χ0v) is 15.4. The molecule has 0 aliphatic carbocycles. The van der Waals surface area contributed by atoms with Crippen LogP contribution >= 0.6 is 11.8 Å². The van der Waals surface area contributed by atoms with E-state index in [4.69, 9.17) is 0 Å². The van der Waals surface area contributed by atoms with E-state index in [1.54, 1.807) is 18.7 Å². The molecule has 2 rings (SSSR count). The zero-order valence-electron chi connectivity index (χ0n) is 14.6. The van der Waals surface area contributed by atoms with E-state index in [0.29, 0.717) is 35.3 Å². The number of hydrogen-bond donors (Lipinski definition) is 1. The number of halogens is 2. The predicted molar refractivity (Wildman–Crippen MR) is 94.1 cm³/mol. The Morgan fingerprint density at radius 3 is 2.04 bits per heavy atom. The third-order valence-electron chi connectivity index (χ3n) is 3.79. The first kappa shape index (κ1) is 20.2. The van der Waals surface area contributed by atoms with E-state index < -0.39 is 17.6 Å². The average molecular weight is 385 g/mol. The maximum absolute atomic E-state index is 12.5. The molecule has 26 heavy (non-hydrogen) atoms. The van der Waals surface area contributed by atoms with Gasteiger partial charge in [0.25, 0.3) is 11.7 Å². The second kappa shape index (κ2) is 8.98. The number of carbonyl (C=O) groups is 3. The summed E-state index contributed by atoms with van der Waals surface area (Å²) in [4.78, 5) is 39.7.